The molecule has 0 spiro atoms. The van der Waals surface area contributed by atoms with E-state index in [9.17, 15) is 8.42 Å². The zero-order valence-corrected chi connectivity index (χ0v) is 12.0. The normalized spacial score (nSPS) is 25.4. The fourth-order valence-electron chi connectivity index (χ4n) is 2.68. The molecule has 3 atom stereocenters. The molecule has 0 radical (unpaired) electrons. The first-order valence-electron chi connectivity index (χ1n) is 6.63. The Balaban J connectivity index is 1.92. The molecule has 0 unspecified atom stereocenters. The summed E-state index contributed by atoms with van der Waals surface area (Å²) in [6, 6.07) is 16.3. The number of sulfone groups is 1. The van der Waals surface area contributed by atoms with Gasteiger partial charge in [0.25, 0.3) is 0 Å². The molecule has 1 saturated carbocycles. The zero-order chi connectivity index (χ0) is 14.3. The van der Waals surface area contributed by atoms with Crippen LogP contribution >= 0.6 is 0 Å². The third-order valence-electron chi connectivity index (χ3n) is 3.90. The van der Waals surface area contributed by atoms with Crippen molar-refractivity contribution in [2.45, 2.75) is 29.0 Å². The molecule has 3 nitrogen and oxygen atoms in total. The molecular formula is C16H17NO2S. The molecule has 0 heterocycles. The largest absolute Gasteiger partial charge is 0.326 e. The van der Waals surface area contributed by atoms with Crippen molar-refractivity contribution in [3.05, 3.63) is 65.7 Å². The van der Waals surface area contributed by atoms with E-state index < -0.39 is 15.1 Å². The highest BCUT2D eigenvalue weighted by atomic mass is 32.2. The summed E-state index contributed by atoms with van der Waals surface area (Å²) in [7, 11) is -3.35. The van der Waals surface area contributed by atoms with Crippen molar-refractivity contribution in [2.75, 3.05) is 0 Å². The summed E-state index contributed by atoms with van der Waals surface area (Å²) >= 11 is 0. The van der Waals surface area contributed by atoms with E-state index >= 15 is 0 Å². The third kappa shape index (κ3) is 2.15. The van der Waals surface area contributed by atoms with Crippen molar-refractivity contribution >= 4 is 9.84 Å². The van der Waals surface area contributed by atoms with Gasteiger partial charge in [-0.1, -0.05) is 48.0 Å². The SMILES string of the molecule is Cc1ccc(S(=O)(=O)[C@@H]2[C@@H](N)[C@H]2c2ccccc2)cc1. The minimum absolute atomic E-state index is 0.0949. The van der Waals surface area contributed by atoms with Gasteiger partial charge in [-0.15, -0.1) is 0 Å². The summed E-state index contributed by atoms with van der Waals surface area (Å²) < 4.78 is 25.2. The predicted octanol–water partition coefficient (Wildman–Crippen LogP) is 2.26. The quantitative estimate of drug-likeness (QED) is 0.942. The lowest BCUT2D eigenvalue weighted by molar-refractivity contribution is 0.593. The Bertz CT molecular complexity index is 708. The van der Waals surface area contributed by atoms with E-state index in [0.717, 1.165) is 11.1 Å². The second kappa shape index (κ2) is 4.72. The smallest absolute Gasteiger partial charge is 0.183 e. The van der Waals surface area contributed by atoms with E-state index in [2.05, 4.69) is 0 Å². The van der Waals surface area contributed by atoms with Crippen LogP contribution in [0.25, 0.3) is 0 Å². The highest BCUT2D eigenvalue weighted by Crippen LogP contribution is 2.46. The van der Waals surface area contributed by atoms with Gasteiger partial charge in [0.2, 0.25) is 0 Å². The van der Waals surface area contributed by atoms with E-state index in [0.29, 0.717) is 4.90 Å². The minimum atomic E-state index is -3.35. The first-order chi connectivity index (χ1) is 9.51. The van der Waals surface area contributed by atoms with E-state index in [-0.39, 0.29) is 12.0 Å². The van der Waals surface area contributed by atoms with Crippen molar-refractivity contribution < 1.29 is 8.42 Å². The number of benzene rings is 2. The van der Waals surface area contributed by atoms with E-state index in [1.54, 1.807) is 12.1 Å². The molecule has 4 heteroatoms. The summed E-state index contributed by atoms with van der Waals surface area (Å²) in [5, 5.41) is -0.507. The third-order valence-corrected chi connectivity index (χ3v) is 6.15. The van der Waals surface area contributed by atoms with Gasteiger partial charge >= 0.3 is 0 Å². The molecule has 2 N–H and O–H groups in total. The minimum Gasteiger partial charge on any atom is -0.326 e. The molecular weight excluding hydrogens is 270 g/mol. The average molecular weight is 287 g/mol. The summed E-state index contributed by atoms with van der Waals surface area (Å²) in [5.41, 5.74) is 8.06. The molecule has 1 aliphatic rings. The molecule has 0 amide bonds. The van der Waals surface area contributed by atoms with Gasteiger partial charge in [-0.25, -0.2) is 8.42 Å². The van der Waals surface area contributed by atoms with Crippen LogP contribution in [0.4, 0.5) is 0 Å². The Morgan fingerprint density at radius 1 is 0.950 bits per heavy atom. The summed E-state index contributed by atoms with van der Waals surface area (Å²) in [5.74, 6) is -0.0949. The molecule has 2 aromatic carbocycles. The van der Waals surface area contributed by atoms with Crippen molar-refractivity contribution in [3.63, 3.8) is 0 Å². The molecule has 0 bridgehead atoms. The van der Waals surface area contributed by atoms with E-state index in [1.165, 1.54) is 0 Å². The van der Waals surface area contributed by atoms with Gasteiger partial charge in [0.05, 0.1) is 10.1 Å². The topological polar surface area (TPSA) is 60.2 Å². The van der Waals surface area contributed by atoms with Crippen LogP contribution in [0, 0.1) is 6.92 Å². The van der Waals surface area contributed by atoms with Crippen molar-refractivity contribution in [3.8, 4) is 0 Å². The number of rotatable bonds is 3. The lowest BCUT2D eigenvalue weighted by Crippen LogP contribution is -2.15. The Kier molecular flexibility index (Phi) is 3.15. The Morgan fingerprint density at radius 3 is 2.15 bits per heavy atom. The Morgan fingerprint density at radius 2 is 1.55 bits per heavy atom. The van der Waals surface area contributed by atoms with Gasteiger partial charge in [-0.2, -0.15) is 0 Å². The standard InChI is InChI=1S/C16H17NO2S/c1-11-7-9-13(10-8-11)20(18,19)16-14(15(16)17)12-5-3-2-4-6-12/h2-10,14-16H,17H2,1H3/t14-,15+,16+/m1/s1. The first kappa shape index (κ1) is 13.3. The fourth-order valence-corrected chi connectivity index (χ4v) is 4.72. The summed E-state index contributed by atoms with van der Waals surface area (Å²) in [6.07, 6.45) is 0. The molecule has 20 heavy (non-hydrogen) atoms. The highest BCUT2D eigenvalue weighted by Gasteiger charge is 2.56. The predicted molar refractivity (Wildman–Crippen MR) is 79.3 cm³/mol. The van der Waals surface area contributed by atoms with Crippen LogP contribution in [-0.4, -0.2) is 19.7 Å². The van der Waals surface area contributed by atoms with Gasteiger partial charge in [0.1, 0.15) is 0 Å². The molecule has 104 valence electrons. The van der Waals surface area contributed by atoms with Gasteiger partial charge in [0, 0.05) is 12.0 Å². The van der Waals surface area contributed by atoms with Crippen molar-refractivity contribution in [2.24, 2.45) is 5.73 Å². The number of hydrogen-bond acceptors (Lipinski definition) is 3. The van der Waals surface area contributed by atoms with Crippen LogP contribution in [-0.2, 0) is 9.84 Å². The second-order valence-corrected chi connectivity index (χ2v) is 7.44. The number of aryl methyl sites for hydroxylation is 1. The fraction of sp³-hybridized carbons (Fsp3) is 0.250. The summed E-state index contributed by atoms with van der Waals surface area (Å²) in [6.45, 7) is 1.94. The summed E-state index contributed by atoms with van der Waals surface area (Å²) in [4.78, 5) is 0.363. The van der Waals surface area contributed by atoms with E-state index in [1.807, 2.05) is 49.4 Å². The lowest BCUT2D eigenvalue weighted by atomic mass is 10.1. The Hall–Kier alpha value is -1.65. The first-order valence-corrected chi connectivity index (χ1v) is 8.17. The molecule has 0 aliphatic heterocycles. The molecule has 1 aliphatic carbocycles. The van der Waals surface area contributed by atoms with Crippen LogP contribution in [0.2, 0.25) is 0 Å². The van der Waals surface area contributed by atoms with Gasteiger partial charge in [-0.05, 0) is 24.6 Å². The molecule has 0 aromatic heterocycles. The van der Waals surface area contributed by atoms with Gasteiger partial charge in [-0.3, -0.25) is 0 Å². The van der Waals surface area contributed by atoms with Gasteiger partial charge < -0.3 is 5.73 Å². The molecule has 2 aromatic rings. The van der Waals surface area contributed by atoms with Crippen LogP contribution < -0.4 is 5.73 Å². The number of hydrogen-bond donors (Lipinski definition) is 1. The van der Waals surface area contributed by atoms with Crippen molar-refractivity contribution in [1.82, 2.24) is 0 Å². The van der Waals surface area contributed by atoms with Crippen LogP contribution in [0.1, 0.15) is 17.0 Å². The maximum absolute atomic E-state index is 12.6. The van der Waals surface area contributed by atoms with Crippen LogP contribution in [0.3, 0.4) is 0 Å². The second-order valence-electron chi connectivity index (χ2n) is 5.34. The molecule has 0 saturated heterocycles. The average Bonchev–Trinajstić information content (AvgIpc) is 3.13. The highest BCUT2D eigenvalue weighted by molar-refractivity contribution is 7.92. The zero-order valence-electron chi connectivity index (χ0n) is 11.2. The maximum atomic E-state index is 12.6. The van der Waals surface area contributed by atoms with Crippen molar-refractivity contribution in [1.29, 1.82) is 0 Å². The van der Waals surface area contributed by atoms with Crippen LogP contribution in [0.5, 0.6) is 0 Å². The maximum Gasteiger partial charge on any atom is 0.183 e. The van der Waals surface area contributed by atoms with Crippen LogP contribution in [0.15, 0.2) is 59.5 Å². The monoisotopic (exact) mass is 287 g/mol. The Labute approximate surface area is 119 Å². The molecule has 1 fully saturated rings. The number of nitrogens with two attached hydrogens (primary N) is 1. The lowest BCUT2D eigenvalue weighted by Gasteiger charge is -2.04. The van der Waals surface area contributed by atoms with Gasteiger partial charge in [0.15, 0.2) is 9.84 Å². The van der Waals surface area contributed by atoms with E-state index in [4.69, 9.17) is 5.73 Å². The molecule has 3 rings (SSSR count).